The van der Waals surface area contributed by atoms with Gasteiger partial charge in [-0.15, -0.1) is 0 Å². The highest BCUT2D eigenvalue weighted by Gasteiger charge is 2.23. The number of fused-ring (bicyclic) bond motifs is 1. The van der Waals surface area contributed by atoms with Crippen molar-refractivity contribution < 1.29 is 9.21 Å². The summed E-state index contributed by atoms with van der Waals surface area (Å²) in [7, 11) is 0. The monoisotopic (exact) mass is 363 g/mol. The number of halogens is 1. The topological polar surface area (TPSA) is 33.5 Å². The molecule has 3 aromatic rings. The first kappa shape index (κ1) is 16.7. The van der Waals surface area contributed by atoms with Crippen LogP contribution in [0.15, 0.2) is 65.3 Å². The molecule has 4 rings (SSSR count). The van der Waals surface area contributed by atoms with Gasteiger partial charge in [0, 0.05) is 17.1 Å². The highest BCUT2D eigenvalue weighted by molar-refractivity contribution is 6.30. The van der Waals surface area contributed by atoms with E-state index in [1.54, 1.807) is 6.26 Å². The molecule has 0 fully saturated rings. The second-order valence-electron chi connectivity index (χ2n) is 6.35. The third kappa shape index (κ3) is 3.58. The number of hydrogen-bond acceptors (Lipinski definition) is 2. The second kappa shape index (κ2) is 7.22. The average molecular weight is 364 g/mol. The number of rotatable bonds is 3. The summed E-state index contributed by atoms with van der Waals surface area (Å²) in [6, 6.07) is 17.3. The van der Waals surface area contributed by atoms with Gasteiger partial charge in [0.2, 0.25) is 0 Å². The number of amides is 1. The number of benzene rings is 2. The molecular formula is C22H18ClNO2. The summed E-state index contributed by atoms with van der Waals surface area (Å²) >= 11 is 5.90. The zero-order chi connectivity index (χ0) is 17.9. The largest absolute Gasteiger partial charge is 0.467 e. The van der Waals surface area contributed by atoms with Crippen LogP contribution in [0.1, 0.15) is 32.8 Å². The van der Waals surface area contributed by atoms with Crippen molar-refractivity contribution in [3.05, 3.63) is 93.9 Å². The summed E-state index contributed by atoms with van der Waals surface area (Å²) < 4.78 is 5.46. The Morgan fingerprint density at radius 1 is 0.962 bits per heavy atom. The first-order valence-corrected chi connectivity index (χ1v) is 8.95. The summed E-state index contributed by atoms with van der Waals surface area (Å²) in [6.07, 6.45) is 6.59. The molecule has 0 saturated heterocycles. The minimum Gasteiger partial charge on any atom is -0.467 e. The highest BCUT2D eigenvalue weighted by Crippen LogP contribution is 2.21. The van der Waals surface area contributed by atoms with Gasteiger partial charge in [0.15, 0.2) is 0 Å². The fourth-order valence-electron chi connectivity index (χ4n) is 3.10. The van der Waals surface area contributed by atoms with Gasteiger partial charge in [-0.3, -0.25) is 4.79 Å². The van der Waals surface area contributed by atoms with Crippen molar-refractivity contribution in [3.8, 4) is 0 Å². The van der Waals surface area contributed by atoms with E-state index in [-0.39, 0.29) is 5.91 Å². The van der Waals surface area contributed by atoms with Crippen LogP contribution in [-0.2, 0) is 13.0 Å². The SMILES string of the molecule is O=C(c1ccc(/C=C\c2ccc(Cl)cc2)cc1)N1CCc2ccoc2C1. The maximum atomic E-state index is 12.7. The van der Waals surface area contributed by atoms with Gasteiger partial charge in [0.05, 0.1) is 12.8 Å². The predicted octanol–water partition coefficient (Wildman–Crippen LogP) is 5.30. The van der Waals surface area contributed by atoms with E-state index in [0.717, 1.165) is 34.9 Å². The van der Waals surface area contributed by atoms with E-state index in [2.05, 4.69) is 0 Å². The Kier molecular flexibility index (Phi) is 4.63. The number of carbonyl (C=O) groups excluding carboxylic acids is 1. The van der Waals surface area contributed by atoms with Crippen LogP contribution in [0, 0.1) is 0 Å². The van der Waals surface area contributed by atoms with Gasteiger partial charge in [-0.1, -0.05) is 48.0 Å². The van der Waals surface area contributed by atoms with E-state index >= 15 is 0 Å². The molecule has 3 nitrogen and oxygen atoms in total. The Morgan fingerprint density at radius 3 is 2.31 bits per heavy atom. The smallest absolute Gasteiger partial charge is 0.254 e. The maximum absolute atomic E-state index is 12.7. The number of carbonyl (C=O) groups is 1. The highest BCUT2D eigenvalue weighted by atomic mass is 35.5. The minimum absolute atomic E-state index is 0.0419. The molecule has 0 unspecified atom stereocenters. The molecule has 2 aromatic carbocycles. The molecule has 0 spiro atoms. The van der Waals surface area contributed by atoms with Crippen molar-refractivity contribution in [3.63, 3.8) is 0 Å². The molecule has 1 aliphatic heterocycles. The lowest BCUT2D eigenvalue weighted by Gasteiger charge is -2.26. The van der Waals surface area contributed by atoms with Crippen LogP contribution >= 0.6 is 11.6 Å². The molecule has 0 aliphatic carbocycles. The quantitative estimate of drug-likeness (QED) is 0.591. The van der Waals surface area contributed by atoms with Crippen LogP contribution in [0.2, 0.25) is 5.02 Å². The summed E-state index contributed by atoms with van der Waals surface area (Å²) in [5.74, 6) is 0.937. The Labute approximate surface area is 157 Å². The molecule has 1 aliphatic rings. The van der Waals surface area contributed by atoms with Crippen molar-refractivity contribution in [1.82, 2.24) is 4.90 Å². The third-order valence-corrected chi connectivity index (χ3v) is 4.86. The fraction of sp³-hybridized carbons (Fsp3) is 0.136. The molecule has 0 saturated carbocycles. The summed E-state index contributed by atoms with van der Waals surface area (Å²) in [4.78, 5) is 14.5. The molecule has 4 heteroatoms. The van der Waals surface area contributed by atoms with Crippen LogP contribution in [-0.4, -0.2) is 17.4 Å². The molecule has 2 heterocycles. The van der Waals surface area contributed by atoms with Gasteiger partial charge in [0.1, 0.15) is 5.76 Å². The van der Waals surface area contributed by atoms with Gasteiger partial charge in [-0.2, -0.15) is 0 Å². The van der Waals surface area contributed by atoms with Crippen molar-refractivity contribution in [2.45, 2.75) is 13.0 Å². The first-order chi connectivity index (χ1) is 12.7. The number of furan rings is 1. The Hall–Kier alpha value is -2.78. The molecule has 26 heavy (non-hydrogen) atoms. The molecule has 1 aromatic heterocycles. The lowest BCUT2D eigenvalue weighted by atomic mass is 10.1. The summed E-state index contributed by atoms with van der Waals surface area (Å²) in [5, 5.41) is 0.726. The normalized spacial score (nSPS) is 13.8. The first-order valence-electron chi connectivity index (χ1n) is 8.57. The summed E-state index contributed by atoms with van der Waals surface area (Å²) in [6.45, 7) is 1.27. The second-order valence-corrected chi connectivity index (χ2v) is 6.79. The van der Waals surface area contributed by atoms with Crippen LogP contribution < -0.4 is 0 Å². The zero-order valence-corrected chi connectivity index (χ0v) is 14.9. The molecule has 0 bridgehead atoms. The Balaban J connectivity index is 1.44. The molecule has 130 valence electrons. The van der Waals surface area contributed by atoms with Gasteiger partial charge in [-0.25, -0.2) is 0 Å². The van der Waals surface area contributed by atoms with E-state index < -0.39 is 0 Å². The van der Waals surface area contributed by atoms with Crippen molar-refractivity contribution in [2.24, 2.45) is 0 Å². The van der Waals surface area contributed by atoms with Crippen LogP contribution in [0.4, 0.5) is 0 Å². The molecule has 0 atom stereocenters. The molecule has 1 amide bonds. The lowest BCUT2D eigenvalue weighted by Crippen LogP contribution is -2.35. The van der Waals surface area contributed by atoms with Gasteiger partial charge >= 0.3 is 0 Å². The zero-order valence-electron chi connectivity index (χ0n) is 14.2. The van der Waals surface area contributed by atoms with Crippen molar-refractivity contribution in [1.29, 1.82) is 0 Å². The lowest BCUT2D eigenvalue weighted by molar-refractivity contribution is 0.0720. The number of hydrogen-bond donors (Lipinski definition) is 0. The van der Waals surface area contributed by atoms with Crippen molar-refractivity contribution >= 4 is 29.7 Å². The molecule has 0 radical (unpaired) electrons. The standard InChI is InChI=1S/C22H18ClNO2/c23-20-9-5-17(6-10-20)2-1-16-3-7-19(8-4-16)22(25)24-13-11-18-12-14-26-21(18)15-24/h1-10,12,14H,11,13,15H2/b2-1-. The van der Waals surface area contributed by atoms with Crippen LogP contribution in [0.25, 0.3) is 12.2 Å². The fourth-order valence-corrected chi connectivity index (χ4v) is 3.22. The molecular weight excluding hydrogens is 346 g/mol. The average Bonchev–Trinajstić information content (AvgIpc) is 3.15. The van der Waals surface area contributed by atoms with E-state index in [4.69, 9.17) is 16.0 Å². The number of nitrogens with zero attached hydrogens (tertiary/aromatic N) is 1. The van der Waals surface area contributed by atoms with Gasteiger partial charge in [0.25, 0.3) is 5.91 Å². The van der Waals surface area contributed by atoms with E-state index in [1.165, 1.54) is 5.56 Å². The maximum Gasteiger partial charge on any atom is 0.254 e. The minimum atomic E-state index is 0.0419. The predicted molar refractivity (Wildman–Crippen MR) is 104 cm³/mol. The van der Waals surface area contributed by atoms with Crippen molar-refractivity contribution in [2.75, 3.05) is 6.54 Å². The van der Waals surface area contributed by atoms with E-state index in [9.17, 15) is 4.79 Å². The Morgan fingerprint density at radius 2 is 1.62 bits per heavy atom. The van der Waals surface area contributed by atoms with E-state index in [1.807, 2.05) is 71.6 Å². The van der Waals surface area contributed by atoms with Gasteiger partial charge < -0.3 is 9.32 Å². The van der Waals surface area contributed by atoms with Crippen LogP contribution in [0.5, 0.6) is 0 Å². The van der Waals surface area contributed by atoms with Gasteiger partial charge in [-0.05, 0) is 53.4 Å². The summed E-state index contributed by atoms with van der Waals surface area (Å²) in [5.41, 5.74) is 4.03. The van der Waals surface area contributed by atoms with Crippen LogP contribution in [0.3, 0.4) is 0 Å². The molecule has 0 N–H and O–H groups in total. The van der Waals surface area contributed by atoms with E-state index in [0.29, 0.717) is 12.1 Å². The third-order valence-electron chi connectivity index (χ3n) is 4.61. The Bertz CT molecular complexity index is 939.